The Morgan fingerprint density at radius 2 is 0.738 bits per heavy atom. The Balaban J connectivity index is 0.000000186. The number of hydrogen-bond acceptors (Lipinski definition) is 19. The van der Waals surface area contributed by atoms with E-state index < -0.39 is 55.6 Å². The average Bonchev–Trinajstić information content (AvgIpc) is 1.66. The molecule has 5 heterocycles. The number of halogens is 5. The fourth-order valence-electron chi connectivity index (χ4n) is 12.1. The number of nitrogens with two attached hydrogens (primary N) is 1. The van der Waals surface area contributed by atoms with Crippen LogP contribution in [0.15, 0.2) is 200 Å². The Morgan fingerprint density at radius 3 is 1.07 bits per heavy atom. The number of aliphatic hydroxyl groups excluding tert-OH is 1. The van der Waals surface area contributed by atoms with Crippen molar-refractivity contribution >= 4 is 17.1 Å². The van der Waals surface area contributed by atoms with E-state index in [-0.39, 0.29) is 28.6 Å². The molecule has 0 saturated carbocycles. The fourth-order valence-corrected chi connectivity index (χ4v) is 12.1. The summed E-state index contributed by atoms with van der Waals surface area (Å²) in [5, 5.41) is 37.5. The smallest absolute Gasteiger partial charge is 0.272 e. The molecule has 4 atom stereocenters. The van der Waals surface area contributed by atoms with E-state index in [4.69, 9.17) is 48.7 Å². The molecule has 8 aromatic rings. The van der Waals surface area contributed by atoms with Crippen LogP contribution in [-0.2, 0) is 4.74 Å². The molecule has 5 aliphatic rings. The normalized spacial score (nSPS) is 20.2. The molecule has 0 amide bonds. The highest BCUT2D eigenvalue weighted by Crippen LogP contribution is 2.34. The molecule has 5 saturated heterocycles. The van der Waals surface area contributed by atoms with Gasteiger partial charge in [-0.05, 0) is 132 Å². The van der Waals surface area contributed by atoms with Gasteiger partial charge in [0, 0.05) is 142 Å². The number of benzene rings is 8. The van der Waals surface area contributed by atoms with Crippen molar-refractivity contribution in [3.05, 3.63) is 250 Å². The van der Waals surface area contributed by atoms with Gasteiger partial charge in [-0.25, -0.2) is 22.0 Å². The van der Waals surface area contributed by atoms with Crippen LogP contribution in [0.4, 0.5) is 39.0 Å². The molecule has 13 rings (SSSR count). The largest absolute Gasteiger partial charge is 0.492 e. The summed E-state index contributed by atoms with van der Waals surface area (Å²) < 4.78 is 112. The number of hydrogen-bond donors (Lipinski definition) is 3. The number of β-amino-alcohol motifs (C(OH)–C–C–N with tert-alkyl or cyclic N) is 1. The van der Waals surface area contributed by atoms with Crippen molar-refractivity contribution in [3.63, 3.8) is 0 Å². The van der Waals surface area contributed by atoms with Crippen molar-refractivity contribution in [3.8, 4) is 40.2 Å². The molecule has 0 radical (unpaired) electrons. The summed E-state index contributed by atoms with van der Waals surface area (Å²) in [6, 6.07) is 55.7. The Kier molecular flexibility index (Phi) is 34.2. The van der Waals surface area contributed by atoms with Gasteiger partial charge in [0.25, 0.3) is 11.4 Å². The van der Waals surface area contributed by atoms with E-state index >= 15 is 0 Å². The number of non-ortho nitro benzene ring substituents is 2. The zero-order valence-corrected chi connectivity index (χ0v) is 61.5. The van der Waals surface area contributed by atoms with E-state index in [2.05, 4.69) is 19.6 Å². The highest BCUT2D eigenvalue weighted by atomic mass is 19.2. The number of anilines is 1. The summed E-state index contributed by atoms with van der Waals surface area (Å²) in [6.45, 7) is 22.2. The molecule has 5 aliphatic heterocycles. The summed E-state index contributed by atoms with van der Waals surface area (Å²) in [4.78, 5) is 28.3. The zero-order chi connectivity index (χ0) is 77.1. The molecule has 5 fully saturated rings. The summed E-state index contributed by atoms with van der Waals surface area (Å²) >= 11 is 0. The van der Waals surface area contributed by atoms with Gasteiger partial charge < -0.3 is 53.8 Å². The topological polar surface area (TPSA) is 240 Å². The van der Waals surface area contributed by atoms with Gasteiger partial charge in [0.1, 0.15) is 66.2 Å². The van der Waals surface area contributed by atoms with Crippen LogP contribution in [0.5, 0.6) is 40.2 Å². The molecular formula is C81H100F5N7O14. The van der Waals surface area contributed by atoms with Crippen molar-refractivity contribution < 1.29 is 79.9 Å². The second kappa shape index (κ2) is 43.2. The number of rotatable bonds is 24. The monoisotopic (exact) mass is 1490 g/mol. The van der Waals surface area contributed by atoms with Gasteiger partial charge in [0.05, 0.1) is 27.6 Å². The van der Waals surface area contributed by atoms with E-state index in [1.165, 1.54) is 37.1 Å². The Bertz CT molecular complexity index is 3920. The van der Waals surface area contributed by atoms with Crippen LogP contribution in [0.25, 0.3) is 0 Å². The molecule has 0 aliphatic carbocycles. The third-order valence-corrected chi connectivity index (χ3v) is 17.7. The third kappa shape index (κ3) is 30.3. The number of ether oxygens (including phenoxy) is 8. The molecule has 26 heteroatoms. The minimum absolute atomic E-state index is 0.0421. The first-order valence-electron chi connectivity index (χ1n) is 35.7. The number of para-hydroxylation sites is 5. The van der Waals surface area contributed by atoms with Crippen LogP contribution in [0, 0.1) is 49.3 Å². The molecule has 8 aromatic carbocycles. The molecule has 0 bridgehead atoms. The molecule has 21 nitrogen and oxygen atoms in total. The number of nitro benzene ring substituents is 2. The molecule has 107 heavy (non-hydrogen) atoms. The summed E-state index contributed by atoms with van der Waals surface area (Å²) in [6.07, 6.45) is 5.89. The predicted octanol–water partition coefficient (Wildman–Crippen LogP) is 14.5. The van der Waals surface area contributed by atoms with Crippen LogP contribution in [0.2, 0.25) is 0 Å². The van der Waals surface area contributed by atoms with Crippen molar-refractivity contribution in [2.24, 2.45) is 0 Å². The molecule has 4 unspecified atom stereocenters. The van der Waals surface area contributed by atoms with Crippen LogP contribution >= 0.6 is 0 Å². The quantitative estimate of drug-likeness (QED) is 0.0220. The molecule has 0 aromatic heterocycles. The Labute approximate surface area is 623 Å². The fraction of sp³-hybridized carbons (Fsp3) is 0.407. The molecular weight excluding hydrogens is 1390 g/mol. The van der Waals surface area contributed by atoms with Gasteiger partial charge in [-0.15, -0.1) is 0 Å². The lowest BCUT2D eigenvalue weighted by Gasteiger charge is -2.26. The van der Waals surface area contributed by atoms with Gasteiger partial charge in [0.15, 0.2) is 46.3 Å². The minimum atomic E-state index is -1.21. The number of aliphatic hydroxyl groups is 2. The summed E-state index contributed by atoms with van der Waals surface area (Å²) in [5.41, 5.74) is 3.44. The van der Waals surface area contributed by atoms with E-state index in [0.717, 1.165) is 153 Å². The number of nitro groups is 2. The highest BCUT2D eigenvalue weighted by Gasteiger charge is 2.39. The van der Waals surface area contributed by atoms with Crippen LogP contribution in [-0.4, -0.2) is 187 Å². The second-order valence-electron chi connectivity index (χ2n) is 27.1. The van der Waals surface area contributed by atoms with Gasteiger partial charge >= 0.3 is 0 Å². The first kappa shape index (κ1) is 84.6. The third-order valence-electron chi connectivity index (χ3n) is 17.7. The van der Waals surface area contributed by atoms with Gasteiger partial charge in [0.2, 0.25) is 0 Å². The summed E-state index contributed by atoms with van der Waals surface area (Å²) in [7, 11) is 1.00. The van der Waals surface area contributed by atoms with Crippen molar-refractivity contribution in [1.29, 1.82) is 0 Å². The van der Waals surface area contributed by atoms with E-state index in [1.54, 1.807) is 30.3 Å². The van der Waals surface area contributed by atoms with Crippen molar-refractivity contribution in [2.75, 3.05) is 131 Å². The maximum Gasteiger partial charge on any atom is 0.272 e. The number of likely N-dealkylation sites (tertiary alicyclic amines) is 4. The second-order valence-corrected chi connectivity index (χ2v) is 27.1. The predicted molar refractivity (Wildman–Crippen MR) is 401 cm³/mol. The first-order chi connectivity index (χ1) is 51.4. The number of nitrogen functional groups attached to an aromatic ring is 1. The van der Waals surface area contributed by atoms with Crippen molar-refractivity contribution in [1.82, 2.24) is 19.6 Å². The van der Waals surface area contributed by atoms with E-state index in [9.17, 15) is 47.3 Å². The minimum Gasteiger partial charge on any atom is -0.492 e. The lowest BCUT2D eigenvalue weighted by molar-refractivity contribution is -0.385. The summed E-state index contributed by atoms with van der Waals surface area (Å²) in [5.74, 6) is 0.401. The van der Waals surface area contributed by atoms with E-state index in [1.807, 2.05) is 149 Å². The Morgan fingerprint density at radius 1 is 0.411 bits per heavy atom. The first-order valence-corrected chi connectivity index (χ1v) is 35.7. The standard InChI is InChI=1S/C19H21FN2O4.C19H23FN2O2.C19H22FNO2.C13H19NO2.C6H3F2NO2.C4H8O.CH4O/c1-19(26-18-8-7-15(22(23)24)13-17(18)20)9-10-21(14-19)11-12-25-16-5-3-2-4-6-16;1-19(24-18-8-7-15(21)13-17(18)20)9-10-22(14-19)11-12-23-16-5-3-2-4-6-16;1-19(23-18-10-6-5-9-17(18)20)11-12-21(15-19)13-14-22-16-7-3-2-4-8-16;1-13(15)7-8-14(11-13)9-10-16-12-5-3-2-4-6-12;7-5-2-1-4(9(10)11)3-6(5)8;1-2-4-5-3-1;1-2/h2-8,13H,9-12,14H2,1H3;2-8,13H,9-12,14,21H2,1H3;2-10H,11-15H2,1H3;2-6,15H,7-11H2,1H3;1-3H;1-4H2;2H,1H3. The SMILES string of the molecule is C1CCOC1.CC1(O)CCN(CCOc2ccccc2)C1.CC1(Oc2ccc(N)cc2F)CCN(CCOc2ccccc2)C1.CC1(Oc2ccc([N+](=O)[O-])cc2F)CCN(CCOc2ccccc2)C1.CC1(Oc2ccccc2F)CCN(CCOc2ccccc2)C1.CO.O=[N+]([O-])c1ccc(F)c(F)c1. The zero-order valence-electron chi connectivity index (χ0n) is 61.5. The Hall–Kier alpha value is -9.67. The van der Waals surface area contributed by atoms with Crippen LogP contribution in [0.1, 0.15) is 66.2 Å². The average molecular weight is 1490 g/mol. The van der Waals surface area contributed by atoms with Gasteiger partial charge in [-0.3, -0.25) is 39.8 Å². The van der Waals surface area contributed by atoms with Gasteiger partial charge in [-0.2, -0.15) is 0 Å². The van der Waals surface area contributed by atoms with Gasteiger partial charge in [-0.1, -0.05) is 84.9 Å². The molecule has 0 spiro atoms. The number of nitrogens with zero attached hydrogens (tertiary/aromatic N) is 6. The van der Waals surface area contributed by atoms with Crippen molar-refractivity contribution in [2.45, 2.75) is 88.6 Å². The maximum atomic E-state index is 14.1. The van der Waals surface area contributed by atoms with E-state index in [0.29, 0.717) is 56.5 Å². The maximum absolute atomic E-state index is 14.1. The molecule has 4 N–H and O–H groups in total. The van der Waals surface area contributed by atoms with Crippen LogP contribution < -0.4 is 38.9 Å². The van der Waals surface area contributed by atoms with Crippen LogP contribution in [0.3, 0.4) is 0 Å². The highest BCUT2D eigenvalue weighted by molar-refractivity contribution is 5.43. The molecule has 578 valence electrons. The lowest BCUT2D eigenvalue weighted by Crippen LogP contribution is -2.37. The lowest BCUT2D eigenvalue weighted by atomic mass is 10.1.